The van der Waals surface area contributed by atoms with Crippen LogP contribution < -0.4 is 10.1 Å². The first-order chi connectivity index (χ1) is 9.19. The van der Waals surface area contributed by atoms with Crippen molar-refractivity contribution >= 4 is 17.3 Å². The Hall–Kier alpha value is -1.67. The minimum absolute atomic E-state index is 0.190. The Morgan fingerprint density at radius 1 is 1.16 bits per heavy atom. The Kier molecular flexibility index (Phi) is 4.69. The molecular weight excluding hydrogens is 258 g/mol. The predicted molar refractivity (Wildman–Crippen MR) is 81.1 cm³/mol. The summed E-state index contributed by atoms with van der Waals surface area (Å²) in [6.07, 6.45) is 0. The minimum Gasteiger partial charge on any atom is -0.494 e. The Morgan fingerprint density at radius 2 is 1.95 bits per heavy atom. The highest BCUT2D eigenvalue weighted by molar-refractivity contribution is 6.30. The van der Waals surface area contributed by atoms with E-state index in [-0.39, 0.29) is 6.04 Å². The molecule has 1 N–H and O–H groups in total. The van der Waals surface area contributed by atoms with Crippen LogP contribution in [-0.4, -0.2) is 6.61 Å². The van der Waals surface area contributed by atoms with Crippen molar-refractivity contribution in [2.24, 2.45) is 0 Å². The van der Waals surface area contributed by atoms with Crippen molar-refractivity contribution in [1.29, 1.82) is 0 Å². The van der Waals surface area contributed by atoms with Crippen molar-refractivity contribution in [3.8, 4) is 5.75 Å². The van der Waals surface area contributed by atoms with Crippen molar-refractivity contribution < 1.29 is 4.74 Å². The standard InChI is InChI=1S/C16H18ClNO/c1-3-19-16-9-5-8-15(11-16)18-12(2)13-6-4-7-14(17)10-13/h4-12,18H,3H2,1-2H3. The molecule has 0 heterocycles. The van der Waals surface area contributed by atoms with Crippen LogP contribution >= 0.6 is 11.6 Å². The molecule has 2 nitrogen and oxygen atoms in total. The lowest BCUT2D eigenvalue weighted by Gasteiger charge is -2.16. The van der Waals surface area contributed by atoms with Crippen LogP contribution in [0.25, 0.3) is 0 Å². The van der Waals surface area contributed by atoms with E-state index in [0.29, 0.717) is 6.61 Å². The van der Waals surface area contributed by atoms with Gasteiger partial charge in [0.15, 0.2) is 0 Å². The van der Waals surface area contributed by atoms with E-state index in [2.05, 4.69) is 18.3 Å². The molecule has 0 aliphatic rings. The number of rotatable bonds is 5. The van der Waals surface area contributed by atoms with Gasteiger partial charge in [0.05, 0.1) is 6.61 Å². The van der Waals surface area contributed by atoms with E-state index in [1.807, 2.05) is 49.4 Å². The molecule has 1 unspecified atom stereocenters. The maximum atomic E-state index is 6.01. The number of halogens is 1. The zero-order valence-electron chi connectivity index (χ0n) is 11.2. The van der Waals surface area contributed by atoms with Crippen LogP contribution in [0, 0.1) is 0 Å². The second-order valence-electron chi connectivity index (χ2n) is 4.38. The molecule has 100 valence electrons. The minimum atomic E-state index is 0.190. The zero-order chi connectivity index (χ0) is 13.7. The van der Waals surface area contributed by atoms with Gasteiger partial charge in [0.1, 0.15) is 5.75 Å². The number of hydrogen-bond donors (Lipinski definition) is 1. The van der Waals surface area contributed by atoms with Gasteiger partial charge in [-0.15, -0.1) is 0 Å². The van der Waals surface area contributed by atoms with Gasteiger partial charge in [-0.1, -0.05) is 29.8 Å². The SMILES string of the molecule is CCOc1cccc(NC(C)c2cccc(Cl)c2)c1. The molecule has 0 bridgehead atoms. The smallest absolute Gasteiger partial charge is 0.121 e. The van der Waals surface area contributed by atoms with E-state index in [9.17, 15) is 0 Å². The van der Waals surface area contributed by atoms with Crippen LogP contribution in [0.4, 0.5) is 5.69 Å². The average Bonchev–Trinajstić information content (AvgIpc) is 2.39. The molecular formula is C16H18ClNO. The summed E-state index contributed by atoms with van der Waals surface area (Å²) < 4.78 is 5.49. The summed E-state index contributed by atoms with van der Waals surface area (Å²) in [5.41, 5.74) is 2.20. The maximum absolute atomic E-state index is 6.01. The Morgan fingerprint density at radius 3 is 2.68 bits per heavy atom. The Balaban J connectivity index is 2.10. The third-order valence-electron chi connectivity index (χ3n) is 2.88. The van der Waals surface area contributed by atoms with Crippen molar-refractivity contribution in [2.45, 2.75) is 19.9 Å². The van der Waals surface area contributed by atoms with Crippen LogP contribution in [0.3, 0.4) is 0 Å². The molecule has 0 saturated heterocycles. The fourth-order valence-electron chi connectivity index (χ4n) is 1.95. The summed E-state index contributed by atoms with van der Waals surface area (Å²) in [7, 11) is 0. The van der Waals surface area contributed by atoms with E-state index in [1.165, 1.54) is 0 Å². The normalized spacial score (nSPS) is 11.9. The molecule has 2 aromatic rings. The second kappa shape index (κ2) is 6.48. The molecule has 0 spiro atoms. The Labute approximate surface area is 119 Å². The zero-order valence-corrected chi connectivity index (χ0v) is 11.9. The summed E-state index contributed by atoms with van der Waals surface area (Å²) in [6, 6.07) is 16.1. The monoisotopic (exact) mass is 275 g/mol. The van der Waals surface area contributed by atoms with Gasteiger partial charge in [-0.2, -0.15) is 0 Å². The van der Waals surface area contributed by atoms with Crippen LogP contribution in [0.2, 0.25) is 5.02 Å². The topological polar surface area (TPSA) is 21.3 Å². The number of ether oxygens (including phenoxy) is 1. The van der Waals surface area contributed by atoms with Gasteiger partial charge >= 0.3 is 0 Å². The molecule has 0 aromatic heterocycles. The van der Waals surface area contributed by atoms with Gasteiger partial charge in [0.2, 0.25) is 0 Å². The Bertz CT molecular complexity index is 542. The fourth-order valence-corrected chi connectivity index (χ4v) is 2.15. The van der Waals surface area contributed by atoms with Crippen LogP contribution in [0.5, 0.6) is 5.75 Å². The van der Waals surface area contributed by atoms with Crippen LogP contribution in [0.15, 0.2) is 48.5 Å². The van der Waals surface area contributed by atoms with Crippen molar-refractivity contribution in [1.82, 2.24) is 0 Å². The van der Waals surface area contributed by atoms with Gasteiger partial charge in [0, 0.05) is 22.8 Å². The van der Waals surface area contributed by atoms with Crippen molar-refractivity contribution in [3.05, 3.63) is 59.1 Å². The van der Waals surface area contributed by atoms with E-state index in [1.54, 1.807) is 0 Å². The first-order valence-electron chi connectivity index (χ1n) is 6.44. The molecule has 0 radical (unpaired) electrons. The molecule has 0 amide bonds. The lowest BCUT2D eigenvalue weighted by Crippen LogP contribution is -2.06. The third kappa shape index (κ3) is 3.90. The van der Waals surface area contributed by atoms with E-state index in [0.717, 1.165) is 22.0 Å². The highest BCUT2D eigenvalue weighted by Crippen LogP contribution is 2.24. The number of nitrogens with one attached hydrogen (secondary N) is 1. The highest BCUT2D eigenvalue weighted by Gasteiger charge is 2.06. The first kappa shape index (κ1) is 13.8. The summed E-state index contributed by atoms with van der Waals surface area (Å²) in [4.78, 5) is 0. The van der Waals surface area contributed by atoms with E-state index < -0.39 is 0 Å². The largest absolute Gasteiger partial charge is 0.494 e. The molecule has 2 rings (SSSR count). The second-order valence-corrected chi connectivity index (χ2v) is 4.82. The molecule has 0 aliphatic carbocycles. The average molecular weight is 276 g/mol. The summed E-state index contributed by atoms with van der Waals surface area (Å²) in [5, 5.41) is 4.20. The molecule has 1 atom stereocenters. The quantitative estimate of drug-likeness (QED) is 0.837. The summed E-state index contributed by atoms with van der Waals surface area (Å²) >= 11 is 6.01. The van der Waals surface area contributed by atoms with E-state index in [4.69, 9.17) is 16.3 Å². The van der Waals surface area contributed by atoms with Crippen molar-refractivity contribution in [3.63, 3.8) is 0 Å². The maximum Gasteiger partial charge on any atom is 0.121 e. The molecule has 3 heteroatoms. The lowest BCUT2D eigenvalue weighted by molar-refractivity contribution is 0.340. The van der Waals surface area contributed by atoms with E-state index >= 15 is 0 Å². The van der Waals surface area contributed by atoms with Crippen LogP contribution in [-0.2, 0) is 0 Å². The number of hydrogen-bond acceptors (Lipinski definition) is 2. The molecule has 0 aliphatic heterocycles. The molecule has 2 aromatic carbocycles. The number of benzene rings is 2. The van der Waals surface area contributed by atoms with Crippen molar-refractivity contribution in [2.75, 3.05) is 11.9 Å². The van der Waals surface area contributed by atoms with Gasteiger partial charge in [-0.05, 0) is 43.7 Å². The molecule has 19 heavy (non-hydrogen) atoms. The molecule has 0 fully saturated rings. The summed E-state index contributed by atoms with van der Waals surface area (Å²) in [5.74, 6) is 0.880. The van der Waals surface area contributed by atoms with Crippen LogP contribution in [0.1, 0.15) is 25.5 Å². The van der Waals surface area contributed by atoms with Gasteiger partial charge in [-0.25, -0.2) is 0 Å². The summed E-state index contributed by atoms with van der Waals surface area (Å²) in [6.45, 7) is 4.76. The lowest BCUT2D eigenvalue weighted by atomic mass is 10.1. The van der Waals surface area contributed by atoms with Gasteiger partial charge in [0.25, 0.3) is 0 Å². The predicted octanol–water partition coefficient (Wildman–Crippen LogP) is 4.91. The van der Waals surface area contributed by atoms with Gasteiger partial charge in [-0.3, -0.25) is 0 Å². The fraction of sp³-hybridized carbons (Fsp3) is 0.250. The highest BCUT2D eigenvalue weighted by atomic mass is 35.5. The van der Waals surface area contributed by atoms with Gasteiger partial charge < -0.3 is 10.1 Å². The number of anilines is 1. The molecule has 0 saturated carbocycles. The first-order valence-corrected chi connectivity index (χ1v) is 6.81. The third-order valence-corrected chi connectivity index (χ3v) is 3.11.